The number of hydrogen-bond donors (Lipinski definition) is 0. The highest BCUT2D eigenvalue weighted by molar-refractivity contribution is 5.81. The third kappa shape index (κ3) is 2.63. The number of rotatable bonds is 3. The maximum atomic E-state index is 5.36. The van der Waals surface area contributed by atoms with E-state index in [2.05, 4.69) is 52.3 Å². The van der Waals surface area contributed by atoms with Crippen LogP contribution < -0.4 is 9.64 Å². The lowest BCUT2D eigenvalue weighted by Crippen LogP contribution is -2.28. The summed E-state index contributed by atoms with van der Waals surface area (Å²) >= 11 is 0. The molecular weight excluding hydrogens is 284 g/mol. The first-order valence-corrected chi connectivity index (χ1v) is 8.09. The average Bonchev–Trinajstić information content (AvgIpc) is 2.62. The van der Waals surface area contributed by atoms with Gasteiger partial charge >= 0.3 is 0 Å². The van der Waals surface area contributed by atoms with Crippen molar-refractivity contribution in [1.82, 2.24) is 4.98 Å². The molecule has 1 aliphatic heterocycles. The first-order valence-electron chi connectivity index (χ1n) is 8.09. The lowest BCUT2D eigenvalue weighted by molar-refractivity contribution is 0.414. The normalized spacial score (nSPS) is 13.9. The summed E-state index contributed by atoms with van der Waals surface area (Å²) in [5.74, 6) is 0.942. The van der Waals surface area contributed by atoms with Gasteiger partial charge in [-0.25, -0.2) is 0 Å². The quantitative estimate of drug-likeness (QED) is 0.725. The van der Waals surface area contributed by atoms with Gasteiger partial charge in [-0.15, -0.1) is 0 Å². The van der Waals surface area contributed by atoms with Crippen LogP contribution in [-0.4, -0.2) is 18.6 Å². The fourth-order valence-corrected chi connectivity index (χ4v) is 3.44. The van der Waals surface area contributed by atoms with Gasteiger partial charge in [0.15, 0.2) is 0 Å². The van der Waals surface area contributed by atoms with Crippen molar-refractivity contribution >= 4 is 16.6 Å². The summed E-state index contributed by atoms with van der Waals surface area (Å²) < 4.78 is 5.36. The number of pyridine rings is 1. The van der Waals surface area contributed by atoms with Crippen molar-refractivity contribution in [2.75, 3.05) is 18.6 Å². The summed E-state index contributed by atoms with van der Waals surface area (Å²) in [7, 11) is 1.73. The summed E-state index contributed by atoms with van der Waals surface area (Å²) in [6, 6.07) is 17.0. The molecule has 116 valence electrons. The van der Waals surface area contributed by atoms with Gasteiger partial charge in [-0.2, -0.15) is 0 Å². The fraction of sp³-hybridized carbons (Fsp3) is 0.250. The van der Waals surface area contributed by atoms with Crippen molar-refractivity contribution in [3.63, 3.8) is 0 Å². The minimum Gasteiger partial charge on any atom is -0.497 e. The smallest absolute Gasteiger partial charge is 0.119 e. The number of fused-ring (bicyclic) bond motifs is 2. The maximum Gasteiger partial charge on any atom is 0.119 e. The number of benzene rings is 2. The summed E-state index contributed by atoms with van der Waals surface area (Å²) in [5.41, 5.74) is 5.09. The van der Waals surface area contributed by atoms with Crippen LogP contribution in [0.4, 0.5) is 5.69 Å². The largest absolute Gasteiger partial charge is 0.497 e. The molecule has 3 heteroatoms. The monoisotopic (exact) mass is 304 g/mol. The topological polar surface area (TPSA) is 25.4 Å². The molecule has 0 amide bonds. The number of aromatic nitrogens is 1. The maximum absolute atomic E-state index is 5.36. The van der Waals surface area contributed by atoms with Crippen LogP contribution in [0, 0.1) is 0 Å². The van der Waals surface area contributed by atoms with Gasteiger partial charge < -0.3 is 9.64 Å². The molecule has 1 aliphatic rings. The van der Waals surface area contributed by atoms with E-state index in [1.54, 1.807) is 7.11 Å². The second-order valence-corrected chi connectivity index (χ2v) is 6.01. The Morgan fingerprint density at radius 3 is 2.96 bits per heavy atom. The van der Waals surface area contributed by atoms with Crippen molar-refractivity contribution in [2.24, 2.45) is 0 Å². The summed E-state index contributed by atoms with van der Waals surface area (Å²) in [6.45, 7) is 1.98. The summed E-state index contributed by atoms with van der Waals surface area (Å²) in [4.78, 5) is 7.04. The third-order valence-corrected chi connectivity index (χ3v) is 4.58. The Labute approximate surface area is 136 Å². The Morgan fingerprint density at radius 1 is 1.13 bits per heavy atom. The molecule has 0 unspecified atom stereocenters. The molecule has 0 spiro atoms. The molecule has 1 aromatic heterocycles. The molecule has 2 heterocycles. The Morgan fingerprint density at radius 2 is 2.04 bits per heavy atom. The van der Waals surface area contributed by atoms with Crippen molar-refractivity contribution in [2.45, 2.75) is 19.4 Å². The van der Waals surface area contributed by atoms with Crippen LogP contribution in [-0.2, 0) is 13.0 Å². The van der Waals surface area contributed by atoms with E-state index in [1.807, 2.05) is 12.3 Å². The number of nitrogens with zero attached hydrogens (tertiary/aromatic N) is 2. The van der Waals surface area contributed by atoms with Gasteiger partial charge in [0.25, 0.3) is 0 Å². The number of hydrogen-bond acceptors (Lipinski definition) is 3. The van der Waals surface area contributed by atoms with Gasteiger partial charge in [0, 0.05) is 30.4 Å². The highest BCUT2D eigenvalue weighted by atomic mass is 16.5. The molecular formula is C20H20N2O. The lowest BCUT2D eigenvalue weighted by Gasteiger charge is -2.31. The van der Waals surface area contributed by atoms with E-state index in [1.165, 1.54) is 28.6 Å². The number of anilines is 1. The molecule has 0 radical (unpaired) electrons. The highest BCUT2D eigenvalue weighted by Gasteiger charge is 2.18. The van der Waals surface area contributed by atoms with Crippen LogP contribution in [0.2, 0.25) is 0 Å². The Bertz CT molecular complexity index is 839. The van der Waals surface area contributed by atoms with Crippen LogP contribution in [0.3, 0.4) is 0 Å². The predicted octanol–water partition coefficient (Wildman–Crippen LogP) is 4.20. The third-order valence-electron chi connectivity index (χ3n) is 4.58. The van der Waals surface area contributed by atoms with Crippen LogP contribution in [0.25, 0.3) is 10.9 Å². The minimum absolute atomic E-state index is 0.897. The first kappa shape index (κ1) is 14.1. The zero-order chi connectivity index (χ0) is 15.6. The summed E-state index contributed by atoms with van der Waals surface area (Å²) in [5, 5.41) is 1.21. The van der Waals surface area contributed by atoms with Crippen molar-refractivity contribution in [3.8, 4) is 5.75 Å². The van der Waals surface area contributed by atoms with E-state index in [0.717, 1.165) is 30.8 Å². The molecule has 2 aromatic carbocycles. The molecule has 0 saturated carbocycles. The number of aryl methyl sites for hydroxylation is 1. The molecule has 0 fully saturated rings. The molecule has 23 heavy (non-hydrogen) atoms. The van der Waals surface area contributed by atoms with Gasteiger partial charge in [0.1, 0.15) is 5.75 Å². The van der Waals surface area contributed by atoms with E-state index in [0.29, 0.717) is 0 Å². The van der Waals surface area contributed by atoms with Crippen molar-refractivity contribution < 1.29 is 4.74 Å². The lowest BCUT2D eigenvalue weighted by atomic mass is 10.00. The van der Waals surface area contributed by atoms with Crippen LogP contribution in [0.1, 0.15) is 17.5 Å². The molecule has 3 nitrogen and oxygen atoms in total. The second-order valence-electron chi connectivity index (χ2n) is 6.01. The number of methoxy groups -OCH3 is 1. The van der Waals surface area contributed by atoms with Gasteiger partial charge in [-0.05, 0) is 48.2 Å². The van der Waals surface area contributed by atoms with Crippen LogP contribution in [0.5, 0.6) is 5.75 Å². The zero-order valence-electron chi connectivity index (χ0n) is 13.3. The van der Waals surface area contributed by atoms with E-state index >= 15 is 0 Å². The molecule has 0 aliphatic carbocycles. The van der Waals surface area contributed by atoms with Gasteiger partial charge in [0.2, 0.25) is 0 Å². The Balaban J connectivity index is 1.70. The average molecular weight is 304 g/mol. The zero-order valence-corrected chi connectivity index (χ0v) is 13.3. The molecule has 0 saturated heterocycles. The number of ether oxygens (including phenoxy) is 1. The van der Waals surface area contributed by atoms with Gasteiger partial charge in [0.05, 0.1) is 12.6 Å². The Kier molecular flexibility index (Phi) is 3.62. The van der Waals surface area contributed by atoms with E-state index in [9.17, 15) is 0 Å². The van der Waals surface area contributed by atoms with Crippen LogP contribution >= 0.6 is 0 Å². The predicted molar refractivity (Wildman–Crippen MR) is 94.1 cm³/mol. The molecule has 4 rings (SSSR count). The van der Waals surface area contributed by atoms with Crippen molar-refractivity contribution in [1.29, 1.82) is 0 Å². The van der Waals surface area contributed by atoms with Crippen LogP contribution in [0.15, 0.2) is 54.7 Å². The molecule has 0 N–H and O–H groups in total. The molecule has 0 bridgehead atoms. The Hall–Kier alpha value is -2.55. The standard InChI is InChI=1S/C20H20N2O/c1-23-18-9-10-19-16(13-18)8-4-12-22(19)14-17-6-2-5-15-7-3-11-21-20(15)17/h2-3,5-7,9-11,13H,4,8,12,14H2,1H3. The summed E-state index contributed by atoms with van der Waals surface area (Å²) in [6.07, 6.45) is 4.18. The highest BCUT2D eigenvalue weighted by Crippen LogP contribution is 2.32. The second kappa shape index (κ2) is 5.92. The van der Waals surface area contributed by atoms with E-state index < -0.39 is 0 Å². The van der Waals surface area contributed by atoms with E-state index in [-0.39, 0.29) is 0 Å². The molecule has 3 aromatic rings. The SMILES string of the molecule is COc1ccc2c(c1)CCCN2Cc1cccc2cccnc12. The number of para-hydroxylation sites is 1. The fourth-order valence-electron chi connectivity index (χ4n) is 3.44. The molecule has 0 atom stereocenters. The van der Waals surface area contributed by atoms with E-state index in [4.69, 9.17) is 4.74 Å². The minimum atomic E-state index is 0.897. The van der Waals surface area contributed by atoms with Gasteiger partial charge in [-0.3, -0.25) is 4.98 Å². The van der Waals surface area contributed by atoms with Crippen molar-refractivity contribution in [3.05, 3.63) is 65.9 Å². The van der Waals surface area contributed by atoms with Gasteiger partial charge in [-0.1, -0.05) is 24.3 Å². The first-order chi connectivity index (χ1) is 11.3.